The second kappa shape index (κ2) is 4.73. The average Bonchev–Trinajstić information content (AvgIpc) is 2.41. The smallest absolute Gasteiger partial charge is 0.0781 e. The topological polar surface area (TPSA) is 48.8 Å². The van der Waals surface area contributed by atoms with Gasteiger partial charge in [0.1, 0.15) is 0 Å². The summed E-state index contributed by atoms with van der Waals surface area (Å²) in [6.07, 6.45) is 0. The van der Waals surface area contributed by atoms with Gasteiger partial charge in [-0.3, -0.25) is 0 Å². The molecule has 0 N–H and O–H groups in total. The third-order valence-corrected chi connectivity index (χ3v) is 2.92. The summed E-state index contributed by atoms with van der Waals surface area (Å²) < 4.78 is 0. The minimum atomic E-state index is -0.655. The third kappa shape index (κ3) is 2.14. The van der Waals surface area contributed by atoms with E-state index in [1.54, 1.807) is 0 Å². The zero-order valence-electron chi connectivity index (χ0n) is 9.62. The van der Waals surface area contributed by atoms with Crippen molar-refractivity contribution in [3.05, 3.63) is 82.2 Å². The fraction of sp³-hybridized carbons (Fsp3) is 0.143. The molecule has 0 aliphatic heterocycles. The van der Waals surface area contributed by atoms with Crippen LogP contribution in [0.5, 0.6) is 0 Å². The van der Waals surface area contributed by atoms with E-state index >= 15 is 0 Å². The highest BCUT2D eigenvalue weighted by Gasteiger charge is 2.26. The Morgan fingerprint density at radius 1 is 0.882 bits per heavy atom. The maximum Gasteiger partial charge on any atom is 0.0959 e. The van der Waals surface area contributed by atoms with Gasteiger partial charge in [0, 0.05) is 4.91 Å². The van der Waals surface area contributed by atoms with E-state index in [2.05, 4.69) is 10.0 Å². The van der Waals surface area contributed by atoms with Gasteiger partial charge >= 0.3 is 0 Å². The number of nitrogens with zero attached hydrogens (tertiary/aromatic N) is 3. The first-order chi connectivity index (χ1) is 8.27. The maximum absolute atomic E-state index is 8.78. The van der Waals surface area contributed by atoms with Gasteiger partial charge in [-0.25, -0.2) is 0 Å². The van der Waals surface area contributed by atoms with Crippen molar-refractivity contribution < 1.29 is 0 Å². The van der Waals surface area contributed by atoms with Crippen molar-refractivity contribution in [1.29, 1.82) is 0 Å². The summed E-state index contributed by atoms with van der Waals surface area (Å²) in [6.45, 7) is 1.93. The number of benzene rings is 2. The molecule has 2 aromatic carbocycles. The fourth-order valence-electron chi connectivity index (χ4n) is 1.90. The lowest BCUT2D eigenvalue weighted by atomic mass is 9.86. The van der Waals surface area contributed by atoms with Gasteiger partial charge in [-0.1, -0.05) is 65.8 Å². The monoisotopic (exact) mass is 223 g/mol. The molecule has 0 radical (unpaired) electrons. The van der Waals surface area contributed by atoms with Crippen molar-refractivity contribution in [2.45, 2.75) is 12.5 Å². The van der Waals surface area contributed by atoms with Crippen LogP contribution in [0.2, 0.25) is 0 Å². The highest BCUT2D eigenvalue weighted by atomic mass is 15.2. The molecular weight excluding hydrogens is 210 g/mol. The van der Waals surface area contributed by atoms with Crippen molar-refractivity contribution in [2.24, 2.45) is 5.11 Å². The molecule has 0 atom stereocenters. The molecule has 0 saturated carbocycles. The van der Waals surface area contributed by atoms with E-state index in [0.717, 1.165) is 11.1 Å². The summed E-state index contributed by atoms with van der Waals surface area (Å²) in [6, 6.07) is 19.6. The Kier molecular flexibility index (Phi) is 3.12. The Bertz CT molecular complexity index is 488. The molecule has 0 aliphatic rings. The second-order valence-corrected chi connectivity index (χ2v) is 3.99. The van der Waals surface area contributed by atoms with E-state index < -0.39 is 5.54 Å². The molecule has 2 rings (SSSR count). The van der Waals surface area contributed by atoms with E-state index in [0.29, 0.717) is 0 Å². The van der Waals surface area contributed by atoms with Gasteiger partial charge in [-0.05, 0) is 23.6 Å². The predicted octanol–water partition coefficient (Wildman–Crippen LogP) is 4.26. The van der Waals surface area contributed by atoms with Gasteiger partial charge < -0.3 is 0 Å². The van der Waals surface area contributed by atoms with Crippen molar-refractivity contribution in [1.82, 2.24) is 0 Å². The van der Waals surface area contributed by atoms with E-state index in [1.807, 2.05) is 67.6 Å². The van der Waals surface area contributed by atoms with Gasteiger partial charge in [0.25, 0.3) is 0 Å². The predicted molar refractivity (Wildman–Crippen MR) is 68.5 cm³/mol. The third-order valence-electron chi connectivity index (χ3n) is 2.92. The van der Waals surface area contributed by atoms with Gasteiger partial charge in [0.05, 0.1) is 5.54 Å². The number of rotatable bonds is 3. The molecule has 0 fully saturated rings. The Hall–Kier alpha value is -2.25. The summed E-state index contributed by atoms with van der Waals surface area (Å²) in [5.41, 5.74) is 10.1. The van der Waals surface area contributed by atoms with Crippen LogP contribution >= 0.6 is 0 Å². The van der Waals surface area contributed by atoms with Crippen molar-refractivity contribution in [2.75, 3.05) is 0 Å². The molecule has 0 bridgehead atoms. The Balaban J connectivity index is 2.59. The van der Waals surface area contributed by atoms with Crippen LogP contribution in [0.1, 0.15) is 18.1 Å². The molecule has 0 unspecified atom stereocenters. The average molecular weight is 223 g/mol. The first kappa shape index (κ1) is 11.2. The van der Waals surface area contributed by atoms with Crippen LogP contribution in [0.15, 0.2) is 65.8 Å². The Morgan fingerprint density at radius 2 is 1.29 bits per heavy atom. The molecule has 0 aromatic heterocycles. The van der Waals surface area contributed by atoms with Crippen LogP contribution in [0.25, 0.3) is 10.4 Å². The SMILES string of the molecule is CC(N=[N+]=[N-])(c1ccccc1)c1ccccc1. The summed E-state index contributed by atoms with van der Waals surface area (Å²) in [7, 11) is 0. The fourth-order valence-corrected chi connectivity index (χ4v) is 1.90. The molecule has 17 heavy (non-hydrogen) atoms. The minimum Gasteiger partial charge on any atom is -0.0781 e. The maximum atomic E-state index is 8.78. The standard InChI is InChI=1S/C14H13N3/c1-14(16-17-15,12-8-4-2-5-9-12)13-10-6-3-7-11-13/h2-11H,1H3. The van der Waals surface area contributed by atoms with Gasteiger partial charge in [0.2, 0.25) is 0 Å². The lowest BCUT2D eigenvalue weighted by Crippen LogP contribution is -2.19. The van der Waals surface area contributed by atoms with Crippen LogP contribution in [0, 0.1) is 0 Å². The highest BCUT2D eigenvalue weighted by Crippen LogP contribution is 2.33. The van der Waals surface area contributed by atoms with Crippen LogP contribution in [-0.4, -0.2) is 0 Å². The van der Waals surface area contributed by atoms with Crippen LogP contribution < -0.4 is 0 Å². The molecule has 3 nitrogen and oxygen atoms in total. The van der Waals surface area contributed by atoms with Crippen molar-refractivity contribution >= 4 is 0 Å². The van der Waals surface area contributed by atoms with E-state index in [-0.39, 0.29) is 0 Å². The lowest BCUT2D eigenvalue weighted by molar-refractivity contribution is 0.598. The zero-order chi connectivity index (χ0) is 12.1. The molecule has 3 heteroatoms. The molecule has 0 aliphatic carbocycles. The van der Waals surface area contributed by atoms with Crippen LogP contribution in [0.3, 0.4) is 0 Å². The van der Waals surface area contributed by atoms with Crippen LogP contribution in [0.4, 0.5) is 0 Å². The van der Waals surface area contributed by atoms with Gasteiger partial charge in [-0.2, -0.15) is 0 Å². The van der Waals surface area contributed by atoms with E-state index in [4.69, 9.17) is 5.53 Å². The zero-order valence-corrected chi connectivity index (χ0v) is 9.62. The number of hydrogen-bond acceptors (Lipinski definition) is 1. The van der Waals surface area contributed by atoms with Gasteiger partial charge in [-0.15, -0.1) is 0 Å². The summed E-state index contributed by atoms with van der Waals surface area (Å²) in [5.74, 6) is 0. The normalized spacial score (nSPS) is 10.6. The molecule has 84 valence electrons. The van der Waals surface area contributed by atoms with Gasteiger partial charge in [0.15, 0.2) is 0 Å². The summed E-state index contributed by atoms with van der Waals surface area (Å²) >= 11 is 0. The molecule has 0 amide bonds. The molecular formula is C14H13N3. The lowest BCUT2D eigenvalue weighted by Gasteiger charge is -2.25. The largest absolute Gasteiger partial charge is 0.0959 e. The minimum absolute atomic E-state index is 0.655. The number of azide groups is 1. The summed E-state index contributed by atoms with van der Waals surface area (Å²) in [5, 5.41) is 3.98. The second-order valence-electron chi connectivity index (χ2n) is 3.99. The Morgan fingerprint density at radius 3 is 1.65 bits per heavy atom. The Labute approximate surface area is 100 Å². The highest BCUT2D eigenvalue weighted by molar-refractivity contribution is 5.37. The molecule has 0 saturated heterocycles. The molecule has 0 spiro atoms. The van der Waals surface area contributed by atoms with E-state index in [1.165, 1.54) is 0 Å². The van der Waals surface area contributed by atoms with E-state index in [9.17, 15) is 0 Å². The van der Waals surface area contributed by atoms with Crippen LogP contribution in [-0.2, 0) is 5.54 Å². The quantitative estimate of drug-likeness (QED) is 0.424. The number of hydrogen-bond donors (Lipinski definition) is 0. The first-order valence-electron chi connectivity index (χ1n) is 5.44. The first-order valence-corrected chi connectivity index (χ1v) is 5.44. The van der Waals surface area contributed by atoms with Crippen molar-refractivity contribution in [3.63, 3.8) is 0 Å². The molecule has 2 aromatic rings. The molecule has 0 heterocycles. The van der Waals surface area contributed by atoms with Crippen molar-refractivity contribution in [3.8, 4) is 0 Å². The summed E-state index contributed by atoms with van der Waals surface area (Å²) in [4.78, 5) is 2.99.